The minimum Gasteiger partial charge on any atom is -0.350 e. The molecule has 1 saturated heterocycles. The fraction of sp³-hybridized carbons (Fsp3) is 0.682. The zero-order chi connectivity index (χ0) is 20.9. The summed E-state index contributed by atoms with van der Waals surface area (Å²) in [6.07, 6.45) is 5.11. The van der Waals surface area contributed by atoms with Crippen LogP contribution in [0.15, 0.2) is 30.3 Å². The summed E-state index contributed by atoms with van der Waals surface area (Å²) in [5, 5.41) is 3.18. The summed E-state index contributed by atoms with van der Waals surface area (Å²) >= 11 is 0. The molecule has 170 valence electrons. The maximum absolute atomic E-state index is 12.6. The molecule has 1 N–H and O–H groups in total. The Morgan fingerprint density at radius 1 is 1.17 bits per heavy atom. The molecule has 6 nitrogen and oxygen atoms in total. The molecule has 1 saturated carbocycles. The van der Waals surface area contributed by atoms with Gasteiger partial charge in [-0.25, -0.2) is 8.42 Å². The van der Waals surface area contributed by atoms with Crippen LogP contribution in [0.2, 0.25) is 0 Å². The van der Waals surface area contributed by atoms with Gasteiger partial charge in [0.15, 0.2) is 0 Å². The van der Waals surface area contributed by atoms with Crippen LogP contribution in [0.25, 0.3) is 0 Å². The van der Waals surface area contributed by atoms with E-state index in [-0.39, 0.29) is 29.6 Å². The SMILES string of the molecule is CCCS(=O)(=O)N1CCN(C2(CNC(=O)c3ccccc3)CCCC(C)C2)CC1.Cl. The normalized spacial score (nSPS) is 26.0. The third kappa shape index (κ3) is 5.96. The van der Waals surface area contributed by atoms with E-state index in [2.05, 4.69) is 17.1 Å². The van der Waals surface area contributed by atoms with Crippen molar-refractivity contribution in [3.05, 3.63) is 35.9 Å². The molecule has 3 rings (SSSR count). The molecule has 1 amide bonds. The largest absolute Gasteiger partial charge is 0.350 e. The zero-order valence-corrected chi connectivity index (χ0v) is 19.8. The molecule has 0 radical (unpaired) electrons. The minimum absolute atomic E-state index is 0. The fourth-order valence-corrected chi connectivity index (χ4v) is 6.45. The number of carbonyl (C=O) groups is 1. The highest BCUT2D eigenvalue weighted by Crippen LogP contribution is 2.37. The van der Waals surface area contributed by atoms with Crippen LogP contribution in [0, 0.1) is 5.92 Å². The van der Waals surface area contributed by atoms with Crippen molar-refractivity contribution in [3.63, 3.8) is 0 Å². The van der Waals surface area contributed by atoms with Gasteiger partial charge in [0.2, 0.25) is 10.0 Å². The number of carbonyl (C=O) groups excluding carboxylic acids is 1. The lowest BCUT2D eigenvalue weighted by Crippen LogP contribution is -2.63. The number of halogens is 1. The highest BCUT2D eigenvalue weighted by molar-refractivity contribution is 7.89. The van der Waals surface area contributed by atoms with Crippen LogP contribution >= 0.6 is 12.4 Å². The fourth-order valence-electron chi connectivity index (χ4n) is 4.96. The van der Waals surface area contributed by atoms with Gasteiger partial charge in [0.05, 0.1) is 5.75 Å². The zero-order valence-electron chi connectivity index (χ0n) is 18.2. The molecular weight excluding hydrogens is 422 g/mol. The third-order valence-electron chi connectivity index (χ3n) is 6.45. The van der Waals surface area contributed by atoms with Gasteiger partial charge >= 0.3 is 0 Å². The quantitative estimate of drug-likeness (QED) is 0.682. The molecule has 2 atom stereocenters. The van der Waals surface area contributed by atoms with E-state index in [0.717, 1.165) is 32.4 Å². The van der Waals surface area contributed by atoms with Gasteiger partial charge in [0.25, 0.3) is 5.91 Å². The monoisotopic (exact) mass is 457 g/mol. The molecule has 2 fully saturated rings. The molecule has 8 heteroatoms. The highest BCUT2D eigenvalue weighted by Gasteiger charge is 2.42. The van der Waals surface area contributed by atoms with Gasteiger partial charge in [0.1, 0.15) is 0 Å². The lowest BCUT2D eigenvalue weighted by atomic mass is 9.74. The Morgan fingerprint density at radius 2 is 1.83 bits per heavy atom. The molecule has 1 heterocycles. The molecular formula is C22H36ClN3O3S. The van der Waals surface area contributed by atoms with Gasteiger partial charge in [-0.05, 0) is 37.3 Å². The summed E-state index contributed by atoms with van der Waals surface area (Å²) in [5.41, 5.74) is 0.602. The second-order valence-corrected chi connectivity index (χ2v) is 10.8. The Labute approximate surface area is 187 Å². The number of nitrogens with zero attached hydrogens (tertiary/aromatic N) is 2. The van der Waals surface area contributed by atoms with Crippen LogP contribution in [-0.2, 0) is 10.0 Å². The predicted octanol–water partition coefficient (Wildman–Crippen LogP) is 3.14. The number of rotatable bonds is 7. The number of sulfonamides is 1. The average molecular weight is 458 g/mol. The standard InChI is InChI=1S/C22H35N3O3S.ClH/c1-3-16-29(27,28)25-14-12-24(13-15-25)22(11-7-8-19(2)17-22)18-23-21(26)20-9-5-4-6-10-20;/h4-6,9-10,19H,3,7-8,11-18H2,1-2H3,(H,23,26);1H. The van der Waals surface area contributed by atoms with Crippen molar-refractivity contribution in [1.82, 2.24) is 14.5 Å². The van der Waals surface area contributed by atoms with E-state index in [0.29, 0.717) is 37.5 Å². The maximum Gasteiger partial charge on any atom is 0.251 e. The first-order valence-electron chi connectivity index (χ1n) is 10.9. The summed E-state index contributed by atoms with van der Waals surface area (Å²) in [6.45, 7) is 7.37. The van der Waals surface area contributed by atoms with Crippen LogP contribution in [0.1, 0.15) is 56.3 Å². The van der Waals surface area contributed by atoms with Crippen LogP contribution < -0.4 is 5.32 Å². The number of hydrogen-bond acceptors (Lipinski definition) is 4. The number of hydrogen-bond donors (Lipinski definition) is 1. The molecule has 1 aliphatic carbocycles. The summed E-state index contributed by atoms with van der Waals surface area (Å²) in [6, 6.07) is 9.34. The van der Waals surface area contributed by atoms with Crippen LogP contribution in [-0.4, -0.2) is 67.5 Å². The molecule has 0 spiro atoms. The van der Waals surface area contributed by atoms with Crippen molar-refractivity contribution in [2.24, 2.45) is 5.92 Å². The van der Waals surface area contributed by atoms with Crippen molar-refractivity contribution < 1.29 is 13.2 Å². The second kappa shape index (κ2) is 10.9. The third-order valence-corrected chi connectivity index (χ3v) is 8.52. The summed E-state index contributed by atoms with van der Waals surface area (Å²) in [5.74, 6) is 0.800. The van der Waals surface area contributed by atoms with Crippen molar-refractivity contribution in [2.45, 2.75) is 51.5 Å². The number of nitrogens with one attached hydrogen (secondary N) is 1. The first kappa shape index (κ1) is 25.1. The van der Waals surface area contributed by atoms with Crippen LogP contribution in [0.3, 0.4) is 0 Å². The van der Waals surface area contributed by atoms with Gasteiger partial charge in [-0.3, -0.25) is 9.69 Å². The molecule has 0 bridgehead atoms. The van der Waals surface area contributed by atoms with Crippen LogP contribution in [0.5, 0.6) is 0 Å². The van der Waals surface area contributed by atoms with E-state index in [1.807, 2.05) is 37.3 Å². The molecule has 2 aliphatic rings. The van der Waals surface area contributed by atoms with Gasteiger partial charge < -0.3 is 5.32 Å². The Bertz CT molecular complexity index is 782. The Hall–Kier alpha value is -1.15. The molecule has 1 aromatic carbocycles. The number of benzene rings is 1. The average Bonchev–Trinajstić information content (AvgIpc) is 2.73. The van der Waals surface area contributed by atoms with Gasteiger partial charge in [-0.1, -0.05) is 44.9 Å². The Balaban J connectivity index is 0.00000320. The topological polar surface area (TPSA) is 69.7 Å². The van der Waals surface area contributed by atoms with E-state index in [4.69, 9.17) is 0 Å². The first-order chi connectivity index (χ1) is 13.9. The lowest BCUT2D eigenvalue weighted by Gasteiger charge is -2.51. The Morgan fingerprint density at radius 3 is 2.43 bits per heavy atom. The smallest absolute Gasteiger partial charge is 0.251 e. The van der Waals surface area contributed by atoms with E-state index < -0.39 is 10.0 Å². The molecule has 2 unspecified atom stereocenters. The van der Waals surface area contributed by atoms with Gasteiger partial charge in [-0.2, -0.15) is 4.31 Å². The van der Waals surface area contributed by atoms with E-state index in [9.17, 15) is 13.2 Å². The lowest BCUT2D eigenvalue weighted by molar-refractivity contribution is 0.0105. The molecule has 0 aromatic heterocycles. The van der Waals surface area contributed by atoms with E-state index in [1.54, 1.807) is 4.31 Å². The summed E-state index contributed by atoms with van der Waals surface area (Å²) in [7, 11) is -3.14. The maximum atomic E-state index is 12.6. The van der Waals surface area contributed by atoms with Crippen molar-refractivity contribution in [3.8, 4) is 0 Å². The summed E-state index contributed by atoms with van der Waals surface area (Å²) in [4.78, 5) is 15.1. The minimum atomic E-state index is -3.14. The number of piperazine rings is 1. The highest BCUT2D eigenvalue weighted by atomic mass is 35.5. The molecule has 1 aliphatic heterocycles. The van der Waals surface area contributed by atoms with Crippen molar-refractivity contribution in [1.29, 1.82) is 0 Å². The van der Waals surface area contributed by atoms with Crippen molar-refractivity contribution in [2.75, 3.05) is 38.5 Å². The molecule has 30 heavy (non-hydrogen) atoms. The summed E-state index contributed by atoms with van der Waals surface area (Å²) < 4.78 is 26.5. The second-order valence-electron chi connectivity index (χ2n) is 8.68. The number of amides is 1. The van der Waals surface area contributed by atoms with Gasteiger partial charge in [-0.15, -0.1) is 12.4 Å². The molecule has 1 aromatic rings. The van der Waals surface area contributed by atoms with Crippen LogP contribution in [0.4, 0.5) is 0 Å². The first-order valence-corrected chi connectivity index (χ1v) is 12.5. The Kier molecular flexibility index (Phi) is 9.15. The van der Waals surface area contributed by atoms with Crippen molar-refractivity contribution >= 4 is 28.3 Å². The predicted molar refractivity (Wildman–Crippen MR) is 124 cm³/mol. The van der Waals surface area contributed by atoms with E-state index in [1.165, 1.54) is 6.42 Å². The van der Waals surface area contributed by atoms with E-state index >= 15 is 0 Å². The van der Waals surface area contributed by atoms with Gasteiger partial charge in [0, 0.05) is 43.8 Å².